The van der Waals surface area contributed by atoms with Crippen LogP contribution in [0.3, 0.4) is 0 Å². The first-order valence-electron chi connectivity index (χ1n) is 16.9. The third kappa shape index (κ3) is 5.64. The van der Waals surface area contributed by atoms with E-state index < -0.39 is 0 Å². The lowest BCUT2D eigenvalue weighted by atomic mass is 9.78. The summed E-state index contributed by atoms with van der Waals surface area (Å²) in [5.74, 6) is 3.56. The molecule has 0 aliphatic heterocycles. The highest BCUT2D eigenvalue weighted by Crippen LogP contribution is 2.50. The van der Waals surface area contributed by atoms with Crippen LogP contribution in [-0.4, -0.2) is 10.2 Å². The van der Waals surface area contributed by atoms with Crippen molar-refractivity contribution in [2.75, 3.05) is 0 Å². The van der Waals surface area contributed by atoms with Gasteiger partial charge in [-0.25, -0.2) is 0 Å². The van der Waals surface area contributed by atoms with E-state index in [0.29, 0.717) is 35.2 Å². The normalized spacial score (nSPS) is 22.4. The van der Waals surface area contributed by atoms with Crippen molar-refractivity contribution in [3.8, 4) is 11.5 Å². The van der Waals surface area contributed by atoms with Gasteiger partial charge in [-0.15, -0.1) is 0 Å². The molecule has 0 amide bonds. The Morgan fingerprint density at radius 2 is 1.03 bits per heavy atom. The third-order valence-electron chi connectivity index (χ3n) is 11.2. The highest BCUT2D eigenvalue weighted by atomic mass is 16.3. The quantitative estimate of drug-likeness (QED) is 0.340. The Balaban J connectivity index is 1.49. The summed E-state index contributed by atoms with van der Waals surface area (Å²) in [6.07, 6.45) is 23.6. The molecule has 0 aromatic heterocycles. The number of benzene rings is 2. The molecule has 4 fully saturated rings. The lowest BCUT2D eigenvalue weighted by Gasteiger charge is -2.27. The van der Waals surface area contributed by atoms with Gasteiger partial charge >= 0.3 is 0 Å². The molecule has 4 aliphatic rings. The Morgan fingerprint density at radius 1 is 0.590 bits per heavy atom. The zero-order valence-electron chi connectivity index (χ0n) is 24.5. The minimum absolute atomic E-state index is 0.201. The van der Waals surface area contributed by atoms with Gasteiger partial charge in [0.2, 0.25) is 0 Å². The van der Waals surface area contributed by atoms with Crippen molar-refractivity contribution < 1.29 is 10.2 Å². The second-order valence-corrected chi connectivity index (χ2v) is 13.7. The molecule has 0 bridgehead atoms. The van der Waals surface area contributed by atoms with E-state index in [9.17, 15) is 10.2 Å². The Hall–Kier alpha value is -1.96. The van der Waals surface area contributed by atoms with E-state index in [4.69, 9.17) is 0 Å². The molecule has 2 nitrogen and oxygen atoms in total. The summed E-state index contributed by atoms with van der Waals surface area (Å²) in [6, 6.07) is 9.63. The van der Waals surface area contributed by atoms with Gasteiger partial charge in [0, 0.05) is 11.5 Å². The minimum Gasteiger partial charge on any atom is -0.507 e. The molecular weight excluding hydrogens is 476 g/mol. The van der Waals surface area contributed by atoms with Crippen LogP contribution in [-0.2, 0) is 0 Å². The minimum atomic E-state index is 0.201. The molecule has 0 saturated heterocycles. The van der Waals surface area contributed by atoms with Crippen molar-refractivity contribution >= 4 is 0 Å². The maximum absolute atomic E-state index is 12.0. The van der Waals surface area contributed by atoms with Gasteiger partial charge in [-0.3, -0.25) is 0 Å². The molecule has 0 radical (unpaired) electrons. The zero-order valence-corrected chi connectivity index (χ0v) is 24.5. The van der Waals surface area contributed by atoms with Crippen molar-refractivity contribution in [2.24, 2.45) is 0 Å². The summed E-state index contributed by atoms with van der Waals surface area (Å²) in [5, 5.41) is 23.7. The fourth-order valence-electron chi connectivity index (χ4n) is 8.92. The van der Waals surface area contributed by atoms with Crippen LogP contribution in [0.25, 0.3) is 0 Å². The molecule has 0 spiro atoms. The summed E-state index contributed by atoms with van der Waals surface area (Å²) >= 11 is 0. The number of aromatic hydroxyl groups is 2. The molecule has 2 aromatic carbocycles. The molecule has 0 heterocycles. The number of phenolic OH excluding ortho intramolecular Hbond substituents is 2. The maximum Gasteiger partial charge on any atom is 0.122 e. The van der Waals surface area contributed by atoms with Gasteiger partial charge in [0.05, 0.1) is 0 Å². The summed E-state index contributed by atoms with van der Waals surface area (Å²) < 4.78 is 0. The summed E-state index contributed by atoms with van der Waals surface area (Å²) in [4.78, 5) is 0. The van der Waals surface area contributed by atoms with E-state index in [1.165, 1.54) is 136 Å². The van der Waals surface area contributed by atoms with Gasteiger partial charge in [0.25, 0.3) is 0 Å². The van der Waals surface area contributed by atoms with Crippen molar-refractivity contribution in [1.82, 2.24) is 0 Å². The third-order valence-corrected chi connectivity index (χ3v) is 11.2. The molecule has 1 atom stereocenters. The van der Waals surface area contributed by atoms with Gasteiger partial charge in [0.15, 0.2) is 0 Å². The van der Waals surface area contributed by atoms with E-state index >= 15 is 0 Å². The van der Waals surface area contributed by atoms with Crippen LogP contribution < -0.4 is 0 Å². The average molecular weight is 529 g/mol. The van der Waals surface area contributed by atoms with Gasteiger partial charge in [-0.2, -0.15) is 0 Å². The first-order chi connectivity index (χ1) is 19.1. The predicted molar refractivity (Wildman–Crippen MR) is 162 cm³/mol. The Bertz CT molecular complexity index is 1070. The molecule has 6 rings (SSSR count). The van der Waals surface area contributed by atoms with Gasteiger partial charge in [-0.1, -0.05) is 95.4 Å². The number of hydrogen-bond acceptors (Lipinski definition) is 2. The summed E-state index contributed by atoms with van der Waals surface area (Å²) in [6.45, 7) is 2.29. The molecule has 2 N–H and O–H groups in total. The average Bonchev–Trinajstić information content (AvgIpc) is 3.78. The van der Waals surface area contributed by atoms with E-state index in [1.807, 2.05) is 0 Å². The SMILES string of the molecule is CCCCC(c1cc(C2CCCC2)c(O)c(C2CCCC2)c1)c1cc(C2CCCC2)cc(C2CCCC2)c1O. The number of unbranched alkanes of at least 4 members (excludes halogenated alkanes) is 1. The second kappa shape index (κ2) is 12.3. The number of phenols is 2. The molecule has 4 aliphatic carbocycles. The zero-order chi connectivity index (χ0) is 26.8. The molecule has 2 heteroatoms. The standard InChI is InChI=1S/C37H52O2/c1-2-3-20-31(30-23-33(27-16-8-9-17-27)36(38)34(24-30)28-18-10-11-19-28)35-22-29(25-12-4-5-13-25)21-32(37(35)39)26-14-6-7-15-26/h21-28,31,38-39H,2-20H2,1H3. The molecule has 212 valence electrons. The summed E-state index contributed by atoms with van der Waals surface area (Å²) in [7, 11) is 0. The van der Waals surface area contributed by atoms with Crippen molar-refractivity contribution in [3.05, 3.63) is 57.6 Å². The lowest BCUT2D eigenvalue weighted by Crippen LogP contribution is -2.10. The predicted octanol–water partition coefficient (Wildman–Crippen LogP) is 11.1. The molecule has 4 saturated carbocycles. The van der Waals surface area contributed by atoms with Crippen molar-refractivity contribution in [1.29, 1.82) is 0 Å². The van der Waals surface area contributed by atoms with E-state index in [-0.39, 0.29) is 5.92 Å². The first kappa shape index (κ1) is 27.2. The van der Waals surface area contributed by atoms with E-state index in [1.54, 1.807) is 0 Å². The lowest BCUT2D eigenvalue weighted by molar-refractivity contribution is 0.443. The second-order valence-electron chi connectivity index (χ2n) is 13.7. The topological polar surface area (TPSA) is 40.5 Å². The van der Waals surface area contributed by atoms with Crippen LogP contribution >= 0.6 is 0 Å². The highest BCUT2D eigenvalue weighted by molar-refractivity contribution is 5.55. The first-order valence-corrected chi connectivity index (χ1v) is 16.9. The Kier molecular flexibility index (Phi) is 8.57. The maximum atomic E-state index is 12.0. The van der Waals surface area contributed by atoms with Crippen molar-refractivity contribution in [3.63, 3.8) is 0 Å². The van der Waals surface area contributed by atoms with Crippen LogP contribution in [0.15, 0.2) is 24.3 Å². The molecule has 1 unspecified atom stereocenters. The molecular formula is C37H52O2. The Morgan fingerprint density at radius 3 is 1.49 bits per heavy atom. The van der Waals surface area contributed by atoms with Crippen LogP contribution in [0.2, 0.25) is 0 Å². The smallest absolute Gasteiger partial charge is 0.122 e. The fourth-order valence-corrected chi connectivity index (χ4v) is 8.92. The van der Waals surface area contributed by atoms with Gasteiger partial charge in [-0.05, 0) is 109 Å². The van der Waals surface area contributed by atoms with Crippen LogP contribution in [0.5, 0.6) is 11.5 Å². The number of hydrogen-bond donors (Lipinski definition) is 2. The number of rotatable bonds is 9. The highest BCUT2D eigenvalue weighted by Gasteiger charge is 2.32. The molecule has 39 heavy (non-hydrogen) atoms. The monoisotopic (exact) mass is 528 g/mol. The van der Waals surface area contributed by atoms with Crippen LogP contribution in [0.1, 0.15) is 192 Å². The van der Waals surface area contributed by atoms with Crippen LogP contribution in [0.4, 0.5) is 0 Å². The summed E-state index contributed by atoms with van der Waals surface area (Å²) in [5.41, 5.74) is 7.73. The van der Waals surface area contributed by atoms with Gasteiger partial charge in [0.1, 0.15) is 11.5 Å². The van der Waals surface area contributed by atoms with E-state index in [2.05, 4.69) is 31.2 Å². The van der Waals surface area contributed by atoms with Crippen molar-refractivity contribution in [2.45, 2.75) is 159 Å². The molecule has 2 aromatic rings. The van der Waals surface area contributed by atoms with Crippen LogP contribution in [0, 0.1) is 0 Å². The largest absolute Gasteiger partial charge is 0.507 e. The fraction of sp³-hybridized carbons (Fsp3) is 0.676. The van der Waals surface area contributed by atoms with Gasteiger partial charge < -0.3 is 10.2 Å². The van der Waals surface area contributed by atoms with E-state index in [0.717, 1.165) is 19.3 Å². The Labute approximate surface area is 237 Å².